The van der Waals surface area contributed by atoms with E-state index in [1.54, 1.807) is 24.3 Å². The molecule has 1 aliphatic rings. The number of carbonyl (C=O) groups is 2. The summed E-state index contributed by atoms with van der Waals surface area (Å²) in [5, 5.41) is 8.82. The first-order chi connectivity index (χ1) is 11.0. The third kappa shape index (κ3) is 4.02. The molecule has 0 radical (unpaired) electrons. The fourth-order valence-electron chi connectivity index (χ4n) is 1.97. The first-order valence-electron chi connectivity index (χ1n) is 6.74. The van der Waals surface area contributed by atoms with Gasteiger partial charge in [0, 0.05) is 0 Å². The Morgan fingerprint density at radius 2 is 2.17 bits per heavy atom. The van der Waals surface area contributed by atoms with E-state index >= 15 is 0 Å². The lowest BCUT2D eigenvalue weighted by molar-refractivity contribution is -0.140. The molecule has 1 aromatic carbocycles. The van der Waals surface area contributed by atoms with Crippen LogP contribution in [0.2, 0.25) is 0 Å². The van der Waals surface area contributed by atoms with Gasteiger partial charge in [-0.15, -0.1) is 0 Å². The van der Waals surface area contributed by atoms with Gasteiger partial charge in [0.25, 0.3) is 5.91 Å². The molecule has 0 atom stereocenters. The molecule has 1 heterocycles. The highest BCUT2D eigenvalue weighted by Crippen LogP contribution is 2.34. The van der Waals surface area contributed by atoms with E-state index in [1.807, 2.05) is 6.92 Å². The summed E-state index contributed by atoms with van der Waals surface area (Å²) in [6, 6.07) is 5.29. The number of hydrogen-bond donors (Lipinski definition) is 1. The standard InChI is InChI=1S/C15H15NO5S2/c1-3-21-10-5-4-9(6-11(10)20-2)7-12-14(19)16(8-13(17)18)15(22)23-12/h4-7H,3,8H2,1-2H3,(H,17,18)/b12-7+. The zero-order valence-corrected chi connectivity index (χ0v) is 14.2. The van der Waals surface area contributed by atoms with Crippen molar-refractivity contribution in [3.63, 3.8) is 0 Å². The van der Waals surface area contributed by atoms with Crippen molar-refractivity contribution in [1.29, 1.82) is 0 Å². The van der Waals surface area contributed by atoms with Gasteiger partial charge < -0.3 is 14.6 Å². The fourth-order valence-corrected chi connectivity index (χ4v) is 3.23. The number of thiocarbonyl (C=S) groups is 1. The van der Waals surface area contributed by atoms with Crippen LogP contribution in [0, 0.1) is 0 Å². The van der Waals surface area contributed by atoms with Gasteiger partial charge in [-0.3, -0.25) is 14.5 Å². The Labute approximate surface area is 143 Å². The Morgan fingerprint density at radius 3 is 2.78 bits per heavy atom. The molecular formula is C15H15NO5S2. The number of amides is 1. The maximum absolute atomic E-state index is 12.2. The zero-order chi connectivity index (χ0) is 17.0. The summed E-state index contributed by atoms with van der Waals surface area (Å²) in [6.07, 6.45) is 1.65. The lowest BCUT2D eigenvalue weighted by atomic mass is 10.2. The Morgan fingerprint density at radius 1 is 1.43 bits per heavy atom. The molecule has 0 unspecified atom stereocenters. The number of hydrogen-bond acceptors (Lipinski definition) is 6. The first-order valence-corrected chi connectivity index (χ1v) is 7.96. The quantitative estimate of drug-likeness (QED) is 0.621. The molecular weight excluding hydrogens is 338 g/mol. The minimum absolute atomic E-state index is 0.238. The molecule has 0 spiro atoms. The SMILES string of the molecule is CCOc1ccc(/C=C2/SC(=S)N(CC(=O)O)C2=O)cc1OC. The van der Waals surface area contributed by atoms with E-state index in [2.05, 4.69) is 0 Å². The van der Waals surface area contributed by atoms with Crippen LogP contribution in [-0.2, 0) is 9.59 Å². The number of carboxylic acids is 1. The molecule has 1 amide bonds. The highest BCUT2D eigenvalue weighted by atomic mass is 32.2. The van der Waals surface area contributed by atoms with E-state index in [0.717, 1.165) is 22.2 Å². The van der Waals surface area contributed by atoms with Gasteiger partial charge in [-0.1, -0.05) is 30.0 Å². The third-order valence-electron chi connectivity index (χ3n) is 2.95. The Hall–Kier alpha value is -2.06. The molecule has 0 saturated carbocycles. The fraction of sp³-hybridized carbons (Fsp3) is 0.267. The topological polar surface area (TPSA) is 76.1 Å². The Kier molecular flexibility index (Phi) is 5.62. The molecule has 0 aliphatic carbocycles. The second kappa shape index (κ2) is 7.47. The van der Waals surface area contributed by atoms with Gasteiger partial charge in [-0.25, -0.2) is 0 Å². The number of carboxylic acid groups (broad SMARTS) is 1. The van der Waals surface area contributed by atoms with Crippen molar-refractivity contribution in [2.24, 2.45) is 0 Å². The van der Waals surface area contributed by atoms with Crippen molar-refractivity contribution >= 4 is 46.3 Å². The minimum atomic E-state index is -1.11. The molecule has 0 bridgehead atoms. The number of benzene rings is 1. The summed E-state index contributed by atoms with van der Waals surface area (Å²) in [7, 11) is 1.54. The summed E-state index contributed by atoms with van der Waals surface area (Å²) in [5.74, 6) is -0.340. The number of thioether (sulfide) groups is 1. The van der Waals surface area contributed by atoms with Crippen LogP contribution in [0.1, 0.15) is 12.5 Å². The maximum Gasteiger partial charge on any atom is 0.323 e. The van der Waals surface area contributed by atoms with Gasteiger partial charge in [-0.2, -0.15) is 0 Å². The molecule has 1 saturated heterocycles. The van der Waals surface area contributed by atoms with Crippen LogP contribution in [0.5, 0.6) is 11.5 Å². The van der Waals surface area contributed by atoms with E-state index < -0.39 is 18.4 Å². The molecule has 6 nitrogen and oxygen atoms in total. The van der Waals surface area contributed by atoms with Crippen molar-refractivity contribution in [1.82, 2.24) is 4.90 Å². The third-order valence-corrected chi connectivity index (χ3v) is 4.33. The first kappa shape index (κ1) is 17.3. The zero-order valence-electron chi connectivity index (χ0n) is 12.6. The monoisotopic (exact) mass is 353 g/mol. The molecule has 8 heteroatoms. The summed E-state index contributed by atoms with van der Waals surface area (Å²) in [6.45, 7) is 1.96. The number of nitrogens with zero attached hydrogens (tertiary/aromatic N) is 1. The molecule has 23 heavy (non-hydrogen) atoms. The summed E-state index contributed by atoms with van der Waals surface area (Å²) in [5.41, 5.74) is 0.737. The second-order valence-corrected chi connectivity index (χ2v) is 6.18. The van der Waals surface area contributed by atoms with E-state index in [1.165, 1.54) is 7.11 Å². The van der Waals surface area contributed by atoms with Crippen molar-refractivity contribution < 1.29 is 24.2 Å². The molecule has 1 N–H and O–H groups in total. The van der Waals surface area contributed by atoms with Crippen LogP contribution in [0.3, 0.4) is 0 Å². The number of ether oxygens (including phenoxy) is 2. The van der Waals surface area contributed by atoms with Crippen molar-refractivity contribution in [2.45, 2.75) is 6.92 Å². The van der Waals surface area contributed by atoms with Crippen LogP contribution < -0.4 is 9.47 Å². The minimum Gasteiger partial charge on any atom is -0.493 e. The van der Waals surface area contributed by atoms with Gasteiger partial charge in [0.1, 0.15) is 10.9 Å². The van der Waals surface area contributed by atoms with Crippen LogP contribution >= 0.6 is 24.0 Å². The number of rotatable bonds is 6. The smallest absolute Gasteiger partial charge is 0.323 e. The van der Waals surface area contributed by atoms with E-state index in [9.17, 15) is 9.59 Å². The average Bonchev–Trinajstić information content (AvgIpc) is 2.76. The van der Waals surface area contributed by atoms with E-state index in [0.29, 0.717) is 23.0 Å². The van der Waals surface area contributed by atoms with Gasteiger partial charge in [0.05, 0.1) is 18.6 Å². The van der Waals surface area contributed by atoms with E-state index in [4.69, 9.17) is 26.8 Å². The number of methoxy groups -OCH3 is 1. The van der Waals surface area contributed by atoms with Crippen molar-refractivity contribution in [2.75, 3.05) is 20.3 Å². The van der Waals surface area contributed by atoms with Crippen LogP contribution in [0.15, 0.2) is 23.1 Å². The second-order valence-electron chi connectivity index (χ2n) is 4.50. The molecule has 122 valence electrons. The highest BCUT2D eigenvalue weighted by Gasteiger charge is 2.33. The van der Waals surface area contributed by atoms with Gasteiger partial charge in [0.2, 0.25) is 0 Å². The maximum atomic E-state index is 12.2. The molecule has 0 aromatic heterocycles. The molecule has 1 aromatic rings. The predicted octanol–water partition coefficient (Wildman–Crippen LogP) is 2.38. The van der Waals surface area contributed by atoms with Crippen LogP contribution in [0.4, 0.5) is 0 Å². The molecule has 1 fully saturated rings. The lowest BCUT2D eigenvalue weighted by Crippen LogP contribution is -2.33. The molecule has 2 rings (SSSR count). The summed E-state index contributed by atoms with van der Waals surface area (Å²) < 4.78 is 10.9. The van der Waals surface area contributed by atoms with Gasteiger partial charge in [0.15, 0.2) is 11.5 Å². The van der Waals surface area contributed by atoms with Crippen molar-refractivity contribution in [3.8, 4) is 11.5 Å². The summed E-state index contributed by atoms with van der Waals surface area (Å²) >= 11 is 6.13. The highest BCUT2D eigenvalue weighted by molar-refractivity contribution is 8.26. The average molecular weight is 353 g/mol. The number of carbonyl (C=O) groups excluding carboxylic acids is 1. The van der Waals surface area contributed by atoms with E-state index in [-0.39, 0.29) is 4.32 Å². The largest absolute Gasteiger partial charge is 0.493 e. The lowest BCUT2D eigenvalue weighted by Gasteiger charge is -2.10. The molecule has 1 aliphatic heterocycles. The summed E-state index contributed by atoms with van der Waals surface area (Å²) in [4.78, 5) is 24.4. The number of aliphatic carboxylic acids is 1. The van der Waals surface area contributed by atoms with Crippen LogP contribution in [0.25, 0.3) is 6.08 Å². The van der Waals surface area contributed by atoms with Gasteiger partial charge in [-0.05, 0) is 30.7 Å². The van der Waals surface area contributed by atoms with Crippen molar-refractivity contribution in [3.05, 3.63) is 28.7 Å². The predicted molar refractivity (Wildman–Crippen MR) is 91.7 cm³/mol. The van der Waals surface area contributed by atoms with Gasteiger partial charge >= 0.3 is 5.97 Å². The van der Waals surface area contributed by atoms with Crippen LogP contribution in [-0.4, -0.2) is 46.5 Å². The normalized spacial score (nSPS) is 16.1. The Bertz CT molecular complexity index is 686. The Balaban J connectivity index is 2.26.